The lowest BCUT2D eigenvalue weighted by Crippen LogP contribution is -2.36. The van der Waals surface area contributed by atoms with Crippen LogP contribution in [0.4, 0.5) is 0 Å². The maximum Gasteiger partial charge on any atom is 0.0302 e. The van der Waals surface area contributed by atoms with Crippen molar-refractivity contribution in [1.82, 2.24) is 10.6 Å². The van der Waals surface area contributed by atoms with Crippen molar-refractivity contribution in [3.05, 3.63) is 21.9 Å². The Labute approximate surface area is 115 Å². The molecule has 1 aliphatic rings. The molecular weight excluding hydrogens is 240 g/mol. The minimum absolute atomic E-state index is 0.600. The molecule has 0 amide bonds. The zero-order valence-corrected chi connectivity index (χ0v) is 12.5. The van der Waals surface area contributed by atoms with E-state index in [2.05, 4.69) is 36.6 Å². The molecule has 0 bridgehead atoms. The van der Waals surface area contributed by atoms with E-state index in [-0.39, 0.29) is 0 Å². The fraction of sp³-hybridized carbons (Fsp3) is 0.733. The number of aryl methyl sites for hydroxylation is 1. The molecule has 2 N–H and O–H groups in total. The van der Waals surface area contributed by atoms with Crippen LogP contribution < -0.4 is 10.6 Å². The van der Waals surface area contributed by atoms with Gasteiger partial charge in [-0.1, -0.05) is 12.8 Å². The second kappa shape index (κ2) is 7.27. The summed E-state index contributed by atoms with van der Waals surface area (Å²) in [4.78, 5) is 2.86. The molecular formula is C15H26N2S. The Bertz CT molecular complexity index is 340. The molecule has 1 fully saturated rings. The molecule has 2 atom stereocenters. The highest BCUT2D eigenvalue weighted by Crippen LogP contribution is 2.16. The molecule has 2 rings (SSSR count). The smallest absolute Gasteiger partial charge is 0.0302 e. The van der Waals surface area contributed by atoms with E-state index in [1.165, 1.54) is 48.4 Å². The Hall–Kier alpha value is -0.380. The van der Waals surface area contributed by atoms with E-state index in [1.807, 2.05) is 11.3 Å². The Kier molecular flexibility index (Phi) is 5.67. The van der Waals surface area contributed by atoms with E-state index >= 15 is 0 Å². The molecule has 0 saturated carbocycles. The molecule has 1 saturated heterocycles. The highest BCUT2D eigenvalue weighted by atomic mass is 32.1. The van der Waals surface area contributed by atoms with Crippen molar-refractivity contribution < 1.29 is 0 Å². The first kappa shape index (κ1) is 14.0. The minimum atomic E-state index is 0.600. The summed E-state index contributed by atoms with van der Waals surface area (Å²) in [6, 6.07) is 5.77. The van der Waals surface area contributed by atoms with Crippen LogP contribution in [0.5, 0.6) is 0 Å². The van der Waals surface area contributed by atoms with Crippen molar-refractivity contribution in [3.63, 3.8) is 0 Å². The molecule has 1 aromatic rings. The van der Waals surface area contributed by atoms with Gasteiger partial charge in [0.05, 0.1) is 0 Å². The number of rotatable bonds is 5. The lowest BCUT2D eigenvalue weighted by Gasteiger charge is -2.21. The monoisotopic (exact) mass is 266 g/mol. The minimum Gasteiger partial charge on any atom is -0.314 e. The van der Waals surface area contributed by atoms with Gasteiger partial charge < -0.3 is 10.6 Å². The van der Waals surface area contributed by atoms with Crippen LogP contribution in [0.15, 0.2) is 12.1 Å². The van der Waals surface area contributed by atoms with E-state index in [9.17, 15) is 0 Å². The Morgan fingerprint density at radius 2 is 2.28 bits per heavy atom. The Morgan fingerprint density at radius 1 is 1.39 bits per heavy atom. The Morgan fingerprint density at radius 3 is 3.06 bits per heavy atom. The lowest BCUT2D eigenvalue weighted by molar-refractivity contribution is 0.403. The predicted molar refractivity (Wildman–Crippen MR) is 80.2 cm³/mol. The average Bonchev–Trinajstić information content (AvgIpc) is 2.60. The molecule has 3 heteroatoms. The first-order chi connectivity index (χ1) is 8.74. The van der Waals surface area contributed by atoms with Crippen molar-refractivity contribution in [2.45, 2.75) is 64.6 Å². The number of thiophene rings is 1. The molecule has 2 heterocycles. The topological polar surface area (TPSA) is 24.1 Å². The normalized spacial score (nSPS) is 22.7. The van der Waals surface area contributed by atoms with Crippen LogP contribution in [0.1, 0.15) is 48.8 Å². The average molecular weight is 266 g/mol. The molecule has 102 valence electrons. The van der Waals surface area contributed by atoms with Crippen LogP contribution in [-0.4, -0.2) is 18.6 Å². The zero-order chi connectivity index (χ0) is 12.8. The number of hydrogen-bond donors (Lipinski definition) is 2. The summed E-state index contributed by atoms with van der Waals surface area (Å²) in [5, 5.41) is 7.33. The predicted octanol–water partition coefficient (Wildman–Crippen LogP) is 3.46. The molecule has 0 spiro atoms. The molecule has 1 aliphatic heterocycles. The van der Waals surface area contributed by atoms with Gasteiger partial charge in [0.2, 0.25) is 0 Å². The maximum absolute atomic E-state index is 3.68. The molecule has 0 aliphatic carbocycles. The van der Waals surface area contributed by atoms with Crippen LogP contribution in [0.2, 0.25) is 0 Å². The van der Waals surface area contributed by atoms with Gasteiger partial charge in [-0.2, -0.15) is 0 Å². The van der Waals surface area contributed by atoms with E-state index < -0.39 is 0 Å². The van der Waals surface area contributed by atoms with Crippen LogP contribution in [-0.2, 0) is 6.54 Å². The van der Waals surface area contributed by atoms with Crippen LogP contribution in [0.3, 0.4) is 0 Å². The zero-order valence-electron chi connectivity index (χ0n) is 11.7. The summed E-state index contributed by atoms with van der Waals surface area (Å²) in [5.74, 6) is 0. The SMILES string of the molecule is Cc1ccc(CNC(C)CC2CCCCCN2)s1. The lowest BCUT2D eigenvalue weighted by atomic mass is 10.0. The van der Waals surface area contributed by atoms with Gasteiger partial charge in [0.25, 0.3) is 0 Å². The fourth-order valence-electron chi connectivity index (χ4n) is 2.67. The third-order valence-corrected chi connectivity index (χ3v) is 4.72. The summed E-state index contributed by atoms with van der Waals surface area (Å²) in [5.41, 5.74) is 0. The van der Waals surface area contributed by atoms with Gasteiger partial charge in [-0.15, -0.1) is 11.3 Å². The third kappa shape index (κ3) is 4.71. The van der Waals surface area contributed by atoms with Gasteiger partial charge in [0.15, 0.2) is 0 Å². The summed E-state index contributed by atoms with van der Waals surface area (Å²) in [6.45, 7) is 6.72. The number of nitrogens with one attached hydrogen (secondary N) is 2. The first-order valence-electron chi connectivity index (χ1n) is 7.26. The fourth-order valence-corrected chi connectivity index (χ4v) is 3.51. The number of hydrogen-bond acceptors (Lipinski definition) is 3. The summed E-state index contributed by atoms with van der Waals surface area (Å²) in [7, 11) is 0. The van der Waals surface area contributed by atoms with Crippen LogP contribution in [0.25, 0.3) is 0 Å². The molecule has 0 aromatic carbocycles. The second-order valence-corrected chi connectivity index (χ2v) is 6.90. The molecule has 1 aromatic heterocycles. The second-order valence-electron chi connectivity index (χ2n) is 5.53. The summed E-state index contributed by atoms with van der Waals surface area (Å²) >= 11 is 1.90. The molecule has 2 unspecified atom stereocenters. The molecule has 18 heavy (non-hydrogen) atoms. The van der Waals surface area contributed by atoms with Gasteiger partial charge in [-0.25, -0.2) is 0 Å². The van der Waals surface area contributed by atoms with Crippen molar-refractivity contribution >= 4 is 11.3 Å². The van der Waals surface area contributed by atoms with Gasteiger partial charge in [0, 0.05) is 28.4 Å². The largest absolute Gasteiger partial charge is 0.314 e. The maximum atomic E-state index is 3.68. The van der Waals surface area contributed by atoms with E-state index in [0.29, 0.717) is 6.04 Å². The van der Waals surface area contributed by atoms with Crippen LogP contribution >= 0.6 is 11.3 Å². The van der Waals surface area contributed by atoms with E-state index in [4.69, 9.17) is 0 Å². The van der Waals surface area contributed by atoms with Crippen molar-refractivity contribution in [3.8, 4) is 0 Å². The highest BCUT2D eigenvalue weighted by Gasteiger charge is 2.14. The van der Waals surface area contributed by atoms with Crippen molar-refractivity contribution in [2.24, 2.45) is 0 Å². The van der Waals surface area contributed by atoms with Crippen LogP contribution in [0, 0.1) is 6.92 Å². The first-order valence-corrected chi connectivity index (χ1v) is 8.08. The van der Waals surface area contributed by atoms with Crippen molar-refractivity contribution in [2.75, 3.05) is 6.54 Å². The Balaban J connectivity index is 1.69. The van der Waals surface area contributed by atoms with Crippen molar-refractivity contribution in [1.29, 1.82) is 0 Å². The summed E-state index contributed by atoms with van der Waals surface area (Å²) < 4.78 is 0. The van der Waals surface area contributed by atoms with Gasteiger partial charge in [-0.05, 0) is 51.8 Å². The van der Waals surface area contributed by atoms with Gasteiger partial charge >= 0.3 is 0 Å². The van der Waals surface area contributed by atoms with E-state index in [1.54, 1.807) is 0 Å². The third-order valence-electron chi connectivity index (χ3n) is 3.72. The molecule has 0 radical (unpaired) electrons. The van der Waals surface area contributed by atoms with Gasteiger partial charge in [0.1, 0.15) is 0 Å². The van der Waals surface area contributed by atoms with E-state index in [0.717, 1.165) is 12.6 Å². The van der Waals surface area contributed by atoms with Gasteiger partial charge in [-0.3, -0.25) is 0 Å². The quantitative estimate of drug-likeness (QED) is 0.853. The standard InChI is InChI=1S/C15H26N2S/c1-12(10-14-6-4-3-5-9-16-14)17-11-15-8-7-13(2)18-15/h7-8,12,14,16-17H,3-6,9-11H2,1-2H3. The molecule has 2 nitrogen and oxygen atoms in total. The highest BCUT2D eigenvalue weighted by molar-refractivity contribution is 7.11. The summed E-state index contributed by atoms with van der Waals surface area (Å²) in [6.07, 6.45) is 6.76.